The zero-order valence-electron chi connectivity index (χ0n) is 15.8. The Morgan fingerprint density at radius 2 is 1.96 bits per heavy atom. The van der Waals surface area contributed by atoms with E-state index in [9.17, 15) is 8.42 Å². The number of pyridine rings is 1. The minimum Gasteiger partial charge on any atom is -0.379 e. The number of nitrogens with zero attached hydrogens (tertiary/aromatic N) is 3. The zero-order chi connectivity index (χ0) is 19.7. The maximum Gasteiger partial charge on any atom is 0.274 e. The van der Waals surface area contributed by atoms with Gasteiger partial charge in [-0.1, -0.05) is 12.1 Å². The Kier molecular flexibility index (Phi) is 5.33. The number of rotatable bonds is 5. The topological polar surface area (TPSA) is 76.9 Å². The maximum atomic E-state index is 12.8. The molecule has 0 aliphatic carbocycles. The Morgan fingerprint density at radius 1 is 1.21 bits per heavy atom. The quantitative estimate of drug-likeness (QED) is 0.634. The molecule has 1 saturated heterocycles. The van der Waals surface area contributed by atoms with Crippen molar-refractivity contribution in [2.75, 3.05) is 38.3 Å². The largest absolute Gasteiger partial charge is 0.379 e. The summed E-state index contributed by atoms with van der Waals surface area (Å²) in [5, 5.41) is 1.02. The maximum absolute atomic E-state index is 12.8. The minimum atomic E-state index is -3.50. The molecule has 1 N–H and O–H groups in total. The van der Waals surface area contributed by atoms with Crippen molar-refractivity contribution in [2.24, 2.45) is 0 Å². The van der Waals surface area contributed by atoms with E-state index in [-0.39, 0.29) is 10.9 Å². The van der Waals surface area contributed by atoms with Gasteiger partial charge < -0.3 is 4.74 Å². The average molecular weight is 420 g/mol. The molecule has 0 unspecified atom stereocenters. The highest BCUT2D eigenvalue weighted by Gasteiger charge is 2.28. The molecule has 1 atom stereocenters. The number of morpholine rings is 1. The van der Waals surface area contributed by atoms with Crippen LogP contribution in [0, 0.1) is 0 Å². The second kappa shape index (κ2) is 7.75. The highest BCUT2D eigenvalue weighted by Crippen LogP contribution is 2.30. The Balaban J connectivity index is 1.54. The van der Waals surface area contributed by atoms with Gasteiger partial charge in [-0.25, -0.2) is 18.4 Å². The molecule has 4 rings (SSSR count). The van der Waals surface area contributed by atoms with Gasteiger partial charge >= 0.3 is 0 Å². The highest BCUT2D eigenvalue weighted by atomic mass is 32.2. The van der Waals surface area contributed by atoms with Gasteiger partial charge in [-0.05, 0) is 25.1 Å². The molecule has 9 heteroatoms. The lowest BCUT2D eigenvalue weighted by Gasteiger charge is -2.25. The van der Waals surface area contributed by atoms with E-state index < -0.39 is 10.0 Å². The summed E-state index contributed by atoms with van der Waals surface area (Å²) in [7, 11) is -1.53. The molecule has 148 valence electrons. The molecule has 0 saturated carbocycles. The molecule has 1 aliphatic rings. The van der Waals surface area contributed by atoms with E-state index in [1.165, 1.54) is 4.31 Å². The van der Waals surface area contributed by atoms with E-state index in [1.54, 1.807) is 29.7 Å². The number of aromatic amines is 1. The number of fused-ring (bicyclic) bond motifs is 1. The first-order valence-electron chi connectivity index (χ1n) is 9.15. The van der Waals surface area contributed by atoms with Gasteiger partial charge in [-0.3, -0.25) is 4.90 Å². The fourth-order valence-electron chi connectivity index (χ4n) is 3.16. The lowest BCUT2D eigenvalue weighted by molar-refractivity contribution is -0.367. The van der Waals surface area contributed by atoms with Crippen molar-refractivity contribution in [1.29, 1.82) is 0 Å². The first kappa shape index (κ1) is 19.3. The van der Waals surface area contributed by atoms with Crippen LogP contribution in [0.5, 0.6) is 0 Å². The summed E-state index contributed by atoms with van der Waals surface area (Å²) < 4.78 is 33.4. The normalized spacial score (nSPS) is 16.9. The van der Waals surface area contributed by atoms with Gasteiger partial charge in [0.1, 0.15) is 22.1 Å². The lowest BCUT2D eigenvalue weighted by Crippen LogP contribution is -2.41. The van der Waals surface area contributed by atoms with Crippen molar-refractivity contribution in [2.45, 2.75) is 17.9 Å². The number of thiazole rings is 1. The predicted octanol–water partition coefficient (Wildman–Crippen LogP) is 2.33. The third kappa shape index (κ3) is 3.62. The smallest absolute Gasteiger partial charge is 0.274 e. The molecule has 1 aromatic carbocycles. The van der Waals surface area contributed by atoms with Crippen LogP contribution >= 0.6 is 11.3 Å². The second-order valence-corrected chi connectivity index (χ2v) is 9.73. The SMILES string of the molecule is C[C@H](c1nc2ccccc2s1)N(C)c1ccc(S(=O)(=O)N2CCOCC2)c[nH+]1. The molecule has 28 heavy (non-hydrogen) atoms. The number of benzene rings is 1. The van der Waals surface area contributed by atoms with Crippen LogP contribution in [0.2, 0.25) is 0 Å². The number of anilines is 1. The Bertz CT molecular complexity index is 1030. The summed E-state index contributed by atoms with van der Waals surface area (Å²) in [5.41, 5.74) is 0.999. The van der Waals surface area contributed by atoms with Crippen LogP contribution < -0.4 is 9.88 Å². The van der Waals surface area contributed by atoms with E-state index in [0.29, 0.717) is 26.3 Å². The van der Waals surface area contributed by atoms with Crippen molar-refractivity contribution in [1.82, 2.24) is 9.29 Å². The molecule has 0 amide bonds. The minimum absolute atomic E-state index is 0.0513. The van der Waals surface area contributed by atoms with Crippen molar-refractivity contribution in [3.05, 3.63) is 47.6 Å². The standard InChI is InChI=1S/C19H22N4O3S2/c1-14(19-21-16-5-3-4-6-17(16)27-19)22(2)18-8-7-15(13-20-18)28(24,25)23-9-11-26-12-10-23/h3-8,13-14H,9-12H2,1-2H3/p+1/t14-/m1/s1. The van der Waals surface area contributed by atoms with Crippen LogP contribution in [0.25, 0.3) is 10.2 Å². The van der Waals surface area contributed by atoms with Gasteiger partial charge in [0.15, 0.2) is 0 Å². The number of ether oxygens (including phenoxy) is 1. The molecule has 1 aliphatic heterocycles. The second-order valence-electron chi connectivity index (χ2n) is 6.73. The number of H-pyrrole nitrogens is 1. The van der Waals surface area contributed by atoms with Gasteiger partial charge in [0.05, 0.1) is 30.5 Å². The third-order valence-electron chi connectivity index (χ3n) is 5.00. The van der Waals surface area contributed by atoms with E-state index >= 15 is 0 Å². The van der Waals surface area contributed by atoms with E-state index in [4.69, 9.17) is 9.72 Å². The summed E-state index contributed by atoms with van der Waals surface area (Å²) in [5.74, 6) is 0.827. The van der Waals surface area contributed by atoms with Crippen LogP contribution in [-0.4, -0.2) is 51.1 Å². The Hall–Kier alpha value is -2.07. The summed E-state index contributed by atoms with van der Waals surface area (Å²) in [6.07, 6.45) is 1.56. The third-order valence-corrected chi connectivity index (χ3v) is 8.11. The summed E-state index contributed by atoms with van der Waals surface area (Å²) >= 11 is 1.67. The molecule has 0 bridgehead atoms. The average Bonchev–Trinajstić information content (AvgIpc) is 3.17. The zero-order valence-corrected chi connectivity index (χ0v) is 17.5. The van der Waals surface area contributed by atoms with Crippen LogP contribution in [0.4, 0.5) is 5.82 Å². The highest BCUT2D eigenvalue weighted by molar-refractivity contribution is 7.89. The number of hydrogen-bond acceptors (Lipinski definition) is 6. The van der Waals surface area contributed by atoms with Crippen LogP contribution in [0.1, 0.15) is 18.0 Å². The fourth-order valence-corrected chi connectivity index (χ4v) is 5.60. The molecular formula is C19H23N4O3S2+. The van der Waals surface area contributed by atoms with Crippen LogP contribution in [-0.2, 0) is 14.8 Å². The van der Waals surface area contributed by atoms with Crippen molar-refractivity contribution >= 4 is 37.4 Å². The van der Waals surface area contributed by atoms with Crippen LogP contribution in [0.3, 0.4) is 0 Å². The van der Waals surface area contributed by atoms with Crippen molar-refractivity contribution < 1.29 is 18.1 Å². The van der Waals surface area contributed by atoms with Crippen molar-refractivity contribution in [3.63, 3.8) is 0 Å². The molecule has 2 aromatic heterocycles. The van der Waals surface area contributed by atoms with E-state index in [0.717, 1.165) is 21.0 Å². The van der Waals surface area contributed by atoms with Gasteiger partial charge in [0.2, 0.25) is 10.0 Å². The summed E-state index contributed by atoms with van der Waals surface area (Å²) in [4.78, 5) is 10.2. The lowest BCUT2D eigenvalue weighted by atomic mass is 10.3. The monoisotopic (exact) mass is 419 g/mol. The van der Waals surface area contributed by atoms with Gasteiger partial charge in [-0.15, -0.1) is 11.3 Å². The van der Waals surface area contributed by atoms with Crippen molar-refractivity contribution in [3.8, 4) is 0 Å². The molecule has 7 nitrogen and oxygen atoms in total. The molecule has 0 radical (unpaired) electrons. The van der Waals surface area contributed by atoms with Gasteiger partial charge in [-0.2, -0.15) is 4.31 Å². The number of aromatic nitrogens is 2. The summed E-state index contributed by atoms with van der Waals surface area (Å²) in [6, 6.07) is 11.6. The molecule has 3 aromatic rings. The number of nitrogens with one attached hydrogen (secondary N) is 1. The van der Waals surface area contributed by atoms with E-state index in [2.05, 4.69) is 22.9 Å². The first-order valence-corrected chi connectivity index (χ1v) is 11.4. The molecular weight excluding hydrogens is 396 g/mol. The number of para-hydroxylation sites is 1. The van der Waals surface area contributed by atoms with Crippen LogP contribution in [0.15, 0.2) is 47.5 Å². The van der Waals surface area contributed by atoms with Gasteiger partial charge in [0, 0.05) is 19.2 Å². The first-order chi connectivity index (χ1) is 13.5. The molecule has 3 heterocycles. The predicted molar refractivity (Wildman–Crippen MR) is 109 cm³/mol. The number of hydrogen-bond donors (Lipinski definition) is 0. The van der Waals surface area contributed by atoms with E-state index in [1.807, 2.05) is 25.2 Å². The fraction of sp³-hybridized carbons (Fsp3) is 0.368. The number of sulfonamides is 1. The Morgan fingerprint density at radius 3 is 2.64 bits per heavy atom. The summed E-state index contributed by atoms with van der Waals surface area (Å²) in [6.45, 7) is 3.73. The Labute approximate surface area is 168 Å². The molecule has 0 spiro atoms. The molecule has 1 fully saturated rings. The van der Waals surface area contributed by atoms with Gasteiger partial charge in [0.25, 0.3) is 5.82 Å².